The Kier molecular flexibility index (Phi) is 13.7. The third-order valence-electron chi connectivity index (χ3n) is 6.03. The minimum absolute atomic E-state index is 0.00221. The van der Waals surface area contributed by atoms with E-state index in [0.717, 1.165) is 0 Å². The van der Waals surface area contributed by atoms with Crippen molar-refractivity contribution >= 4 is 42.6 Å². The zero-order valence-corrected chi connectivity index (χ0v) is 26.5. The molecule has 0 radical (unpaired) electrons. The van der Waals surface area contributed by atoms with Gasteiger partial charge < -0.3 is 37.8 Å². The molecule has 2 aromatic carbocycles. The van der Waals surface area contributed by atoms with Crippen LogP contribution in [0.4, 0.5) is 0 Å². The Balaban J connectivity index is 2.02. The lowest BCUT2D eigenvalue weighted by molar-refractivity contribution is -0.160. The maximum absolute atomic E-state index is 13.1. The molecule has 1 N–H and O–H groups in total. The Hall–Kier alpha value is -2.29. The molecule has 0 aliphatic carbocycles. The lowest BCUT2D eigenvalue weighted by Gasteiger charge is -2.30. The lowest BCUT2D eigenvalue weighted by atomic mass is 10.0. The summed E-state index contributed by atoms with van der Waals surface area (Å²) in [5.74, 6) is -1.56. The third-order valence-corrected chi connectivity index (χ3v) is 8.17. The molecule has 2 amide bonds. The van der Waals surface area contributed by atoms with E-state index in [1.165, 1.54) is 46.3 Å². The van der Waals surface area contributed by atoms with Crippen LogP contribution < -0.4 is 9.47 Å². The fourth-order valence-corrected chi connectivity index (χ4v) is 5.18. The van der Waals surface area contributed by atoms with Gasteiger partial charge in [-0.15, -0.1) is 5.06 Å². The fourth-order valence-electron chi connectivity index (χ4n) is 3.84. The van der Waals surface area contributed by atoms with Gasteiger partial charge in [-0.1, -0.05) is 42.3 Å². The van der Waals surface area contributed by atoms with Crippen molar-refractivity contribution in [2.75, 3.05) is 60.4 Å². The Morgan fingerprint density at radius 2 is 1.44 bits per heavy atom. The topological polar surface area (TPSA) is 149 Å². The van der Waals surface area contributed by atoms with Gasteiger partial charge in [0.2, 0.25) is 0 Å². The summed E-state index contributed by atoms with van der Waals surface area (Å²) in [6.07, 6.45) is -2.86. The second-order valence-electron chi connectivity index (χ2n) is 8.99. The molecule has 238 valence electrons. The minimum Gasteiger partial charge on any atom is -0.462 e. The van der Waals surface area contributed by atoms with Crippen molar-refractivity contribution in [1.82, 2.24) is 5.06 Å². The summed E-state index contributed by atoms with van der Waals surface area (Å²) >= 11 is 13.4. The zero-order valence-electron chi connectivity index (χ0n) is 24.1. The van der Waals surface area contributed by atoms with Gasteiger partial charge in [-0.2, -0.15) is 0 Å². The van der Waals surface area contributed by atoms with Gasteiger partial charge in [0.1, 0.15) is 6.10 Å². The van der Waals surface area contributed by atoms with Gasteiger partial charge >= 0.3 is 7.60 Å². The standard InChI is InChI=1S/C27H34Cl2NO12P/c1-5-43(33,34)42-17(2)23(41-30-26(31)18-8-6-7-9-19(18)27(30)32)20-14-21(28)24(39-15-37-12-10-35-3)25(22(20)29)40-16-38-13-11-36-4/h6-9,14,17,23H,5,10-13,15-16H2,1-4H3,(H,33,34). The van der Waals surface area contributed by atoms with Gasteiger partial charge in [0, 0.05) is 25.9 Å². The quantitative estimate of drug-likeness (QED) is 0.0944. The first-order chi connectivity index (χ1) is 20.6. The Labute approximate surface area is 259 Å². The van der Waals surface area contributed by atoms with Crippen LogP contribution in [0.25, 0.3) is 0 Å². The van der Waals surface area contributed by atoms with Gasteiger partial charge in [0.25, 0.3) is 11.8 Å². The molecule has 0 saturated carbocycles. The number of hydrogen-bond donors (Lipinski definition) is 1. The van der Waals surface area contributed by atoms with Crippen LogP contribution in [0, 0.1) is 0 Å². The zero-order chi connectivity index (χ0) is 31.6. The van der Waals surface area contributed by atoms with Crippen molar-refractivity contribution in [3.8, 4) is 11.5 Å². The number of methoxy groups -OCH3 is 2. The van der Waals surface area contributed by atoms with Gasteiger partial charge in [-0.3, -0.25) is 19.0 Å². The van der Waals surface area contributed by atoms with E-state index in [2.05, 4.69) is 0 Å². The van der Waals surface area contributed by atoms with Gasteiger partial charge in [-0.25, -0.2) is 0 Å². The second-order valence-corrected chi connectivity index (χ2v) is 11.9. The number of halogens is 2. The van der Waals surface area contributed by atoms with E-state index in [1.807, 2.05) is 0 Å². The van der Waals surface area contributed by atoms with Gasteiger partial charge in [0.05, 0.1) is 53.7 Å². The van der Waals surface area contributed by atoms with Crippen molar-refractivity contribution in [1.29, 1.82) is 0 Å². The van der Waals surface area contributed by atoms with Crippen molar-refractivity contribution in [3.63, 3.8) is 0 Å². The maximum Gasteiger partial charge on any atom is 0.328 e. The number of rotatable bonds is 19. The number of amides is 2. The van der Waals surface area contributed by atoms with Crippen molar-refractivity contribution in [2.24, 2.45) is 0 Å². The highest BCUT2D eigenvalue weighted by Gasteiger charge is 2.41. The number of carbonyl (C=O) groups excluding carboxylic acids is 2. The van der Waals surface area contributed by atoms with Crippen LogP contribution in [0.2, 0.25) is 10.0 Å². The van der Waals surface area contributed by atoms with Crippen LogP contribution in [-0.4, -0.2) is 88.3 Å². The highest BCUT2D eigenvalue weighted by atomic mass is 35.5. The molecule has 13 nitrogen and oxygen atoms in total. The van der Waals surface area contributed by atoms with E-state index in [4.69, 9.17) is 61.0 Å². The van der Waals surface area contributed by atoms with Crippen LogP contribution in [-0.2, 0) is 32.9 Å². The fraction of sp³-hybridized carbons (Fsp3) is 0.481. The molecular weight excluding hydrogens is 632 g/mol. The predicted octanol–water partition coefficient (Wildman–Crippen LogP) is 4.87. The number of carbonyl (C=O) groups is 2. The number of benzene rings is 2. The summed E-state index contributed by atoms with van der Waals surface area (Å²) < 4.78 is 50.2. The minimum atomic E-state index is -4.10. The SMILES string of the molecule is CCP(=O)(O)OC(C)C(ON1C(=O)c2ccccc2C1=O)c1cc(Cl)c(OCOCCOC)c(OCOCCOC)c1Cl. The number of ether oxygens (including phenoxy) is 6. The largest absolute Gasteiger partial charge is 0.462 e. The molecule has 0 fully saturated rings. The van der Waals surface area contributed by atoms with E-state index in [0.29, 0.717) is 18.3 Å². The average Bonchev–Trinajstić information content (AvgIpc) is 3.22. The highest BCUT2D eigenvalue weighted by molar-refractivity contribution is 7.52. The number of fused-ring (bicyclic) bond motifs is 1. The number of hydroxylamine groups is 2. The van der Waals surface area contributed by atoms with Crippen LogP contribution in [0.15, 0.2) is 30.3 Å². The molecule has 0 bridgehead atoms. The first-order valence-electron chi connectivity index (χ1n) is 13.1. The summed E-state index contributed by atoms with van der Waals surface area (Å²) in [6.45, 7) is 3.44. The molecule has 0 spiro atoms. The molecule has 3 rings (SSSR count). The molecule has 3 atom stereocenters. The van der Waals surface area contributed by atoms with Crippen molar-refractivity contribution < 1.29 is 56.8 Å². The first-order valence-corrected chi connectivity index (χ1v) is 15.6. The van der Waals surface area contributed by atoms with Crippen LogP contribution in [0.5, 0.6) is 11.5 Å². The molecule has 16 heteroatoms. The first kappa shape index (κ1) is 35.2. The van der Waals surface area contributed by atoms with Crippen LogP contribution in [0.3, 0.4) is 0 Å². The van der Waals surface area contributed by atoms with E-state index in [1.54, 1.807) is 12.1 Å². The van der Waals surface area contributed by atoms with Crippen LogP contribution in [0.1, 0.15) is 46.2 Å². The Morgan fingerprint density at radius 3 is 1.95 bits per heavy atom. The molecule has 0 aromatic heterocycles. The number of nitrogens with zero attached hydrogens (tertiary/aromatic N) is 1. The van der Waals surface area contributed by atoms with Crippen LogP contribution >= 0.6 is 30.8 Å². The molecule has 1 aliphatic rings. The molecule has 1 aliphatic heterocycles. The molecule has 3 unspecified atom stereocenters. The van der Waals surface area contributed by atoms with Gasteiger partial charge in [-0.05, 0) is 25.1 Å². The predicted molar refractivity (Wildman–Crippen MR) is 155 cm³/mol. The summed E-state index contributed by atoms with van der Waals surface area (Å²) in [5.41, 5.74) is 0.311. The smallest absolute Gasteiger partial charge is 0.328 e. The average molecular weight is 666 g/mol. The van der Waals surface area contributed by atoms with E-state index >= 15 is 0 Å². The summed E-state index contributed by atoms with van der Waals surface area (Å²) in [6, 6.07) is 7.52. The highest BCUT2D eigenvalue weighted by Crippen LogP contribution is 2.50. The lowest BCUT2D eigenvalue weighted by Crippen LogP contribution is -2.35. The molecular formula is C27H34Cl2NO12P. The van der Waals surface area contributed by atoms with Crippen molar-refractivity contribution in [2.45, 2.75) is 26.1 Å². The Bertz CT molecular complexity index is 1280. The normalized spacial score (nSPS) is 15.7. The monoisotopic (exact) mass is 665 g/mol. The third kappa shape index (κ3) is 9.11. The molecule has 43 heavy (non-hydrogen) atoms. The number of imide groups is 1. The van der Waals surface area contributed by atoms with Crippen molar-refractivity contribution in [3.05, 3.63) is 57.1 Å². The van der Waals surface area contributed by atoms with E-state index in [9.17, 15) is 19.0 Å². The molecule has 1 heterocycles. The Morgan fingerprint density at radius 1 is 0.907 bits per heavy atom. The maximum atomic E-state index is 13.1. The van der Waals surface area contributed by atoms with E-state index < -0.39 is 31.6 Å². The summed E-state index contributed by atoms with van der Waals surface area (Å²) in [5, 5.41) is 0.413. The molecule has 2 aromatic rings. The second kappa shape index (κ2) is 16.7. The van der Waals surface area contributed by atoms with E-state index in [-0.39, 0.29) is 71.2 Å². The molecule has 0 saturated heterocycles. The van der Waals surface area contributed by atoms with Gasteiger partial charge in [0.15, 0.2) is 25.1 Å². The summed E-state index contributed by atoms with van der Waals surface area (Å²) in [4.78, 5) is 42.4. The number of hydrogen-bond acceptors (Lipinski definition) is 11. The summed E-state index contributed by atoms with van der Waals surface area (Å²) in [7, 11) is -1.06.